The Labute approximate surface area is 102 Å². The Bertz CT molecular complexity index is 379. The van der Waals surface area contributed by atoms with Gasteiger partial charge in [0.25, 0.3) is 10.1 Å². The monoisotopic (exact) mass is 264 g/mol. The molecule has 2 rings (SSSR count). The Morgan fingerprint density at radius 1 is 1.47 bits per heavy atom. The maximum absolute atomic E-state index is 11.9. The molecule has 2 N–H and O–H groups in total. The molecule has 1 heterocycles. The third-order valence-electron chi connectivity index (χ3n) is 4.30. The molecule has 17 heavy (non-hydrogen) atoms. The molecule has 0 radical (unpaired) electrons. The van der Waals surface area contributed by atoms with Gasteiger partial charge in [-0.3, -0.25) is 4.18 Å². The highest BCUT2D eigenvalue weighted by Gasteiger charge is 2.62. The van der Waals surface area contributed by atoms with E-state index in [-0.39, 0.29) is 19.1 Å². The lowest BCUT2D eigenvalue weighted by Gasteiger charge is -2.33. The molecular formula is C11H20O5S. The standard InChI is InChI=1S/C11H20O5S/c1-8(4-6-12)10-11(7-13)5-2-3-9(11)17(14,15)16-10/h8-10,12-13H,2-7H2,1H3/t8?,9?,10-,11?/m1/s1. The van der Waals surface area contributed by atoms with Crippen LogP contribution in [0.1, 0.15) is 32.6 Å². The van der Waals surface area contributed by atoms with E-state index in [4.69, 9.17) is 9.29 Å². The van der Waals surface area contributed by atoms with Crippen molar-refractivity contribution in [3.63, 3.8) is 0 Å². The van der Waals surface area contributed by atoms with Crippen molar-refractivity contribution in [1.29, 1.82) is 0 Å². The van der Waals surface area contributed by atoms with Crippen LogP contribution in [0.25, 0.3) is 0 Å². The molecule has 2 fully saturated rings. The van der Waals surface area contributed by atoms with E-state index in [1.807, 2.05) is 6.92 Å². The molecule has 1 aliphatic carbocycles. The van der Waals surface area contributed by atoms with E-state index in [1.54, 1.807) is 0 Å². The average molecular weight is 264 g/mol. The third kappa shape index (κ3) is 1.91. The minimum atomic E-state index is -3.55. The first-order valence-electron chi connectivity index (χ1n) is 6.12. The Hall–Kier alpha value is -0.170. The van der Waals surface area contributed by atoms with Gasteiger partial charge in [0.05, 0.1) is 18.0 Å². The first kappa shape index (κ1) is 13.3. The Kier molecular flexibility index (Phi) is 3.51. The predicted molar refractivity (Wildman–Crippen MR) is 61.8 cm³/mol. The summed E-state index contributed by atoms with van der Waals surface area (Å²) in [6.07, 6.45) is 2.08. The molecule has 3 unspecified atom stereocenters. The summed E-state index contributed by atoms with van der Waals surface area (Å²) in [4.78, 5) is 0. The Morgan fingerprint density at radius 2 is 2.18 bits per heavy atom. The Morgan fingerprint density at radius 3 is 2.76 bits per heavy atom. The molecule has 1 aliphatic heterocycles. The van der Waals surface area contributed by atoms with Crippen molar-refractivity contribution in [3.05, 3.63) is 0 Å². The molecule has 1 saturated carbocycles. The third-order valence-corrected chi connectivity index (χ3v) is 6.18. The highest BCUT2D eigenvalue weighted by Crippen LogP contribution is 2.54. The first-order valence-corrected chi connectivity index (χ1v) is 7.59. The van der Waals surface area contributed by atoms with Crippen molar-refractivity contribution in [1.82, 2.24) is 0 Å². The van der Waals surface area contributed by atoms with Crippen LogP contribution < -0.4 is 0 Å². The van der Waals surface area contributed by atoms with Crippen LogP contribution in [0.5, 0.6) is 0 Å². The summed E-state index contributed by atoms with van der Waals surface area (Å²) >= 11 is 0. The summed E-state index contributed by atoms with van der Waals surface area (Å²) in [6, 6.07) is 0. The van der Waals surface area contributed by atoms with Crippen LogP contribution in [0.3, 0.4) is 0 Å². The van der Waals surface area contributed by atoms with E-state index in [2.05, 4.69) is 0 Å². The van der Waals surface area contributed by atoms with Crippen LogP contribution in [-0.4, -0.2) is 43.2 Å². The SMILES string of the molecule is CC(CCO)[C@H]1OS(=O)(=O)C2CCCC21CO. The molecule has 5 nitrogen and oxygen atoms in total. The van der Waals surface area contributed by atoms with Crippen molar-refractivity contribution in [2.24, 2.45) is 11.3 Å². The lowest BCUT2D eigenvalue weighted by Crippen LogP contribution is -2.42. The molecule has 6 heteroatoms. The molecule has 0 aromatic rings. The van der Waals surface area contributed by atoms with Gasteiger partial charge < -0.3 is 10.2 Å². The number of fused-ring (bicyclic) bond motifs is 1. The zero-order chi connectivity index (χ0) is 12.7. The van der Waals surface area contributed by atoms with Gasteiger partial charge in [-0.25, -0.2) is 0 Å². The van der Waals surface area contributed by atoms with Crippen LogP contribution in [0.2, 0.25) is 0 Å². The van der Waals surface area contributed by atoms with Gasteiger partial charge >= 0.3 is 0 Å². The molecule has 2 aliphatic rings. The minimum absolute atomic E-state index is 0.00719. The lowest BCUT2D eigenvalue weighted by atomic mass is 9.75. The summed E-state index contributed by atoms with van der Waals surface area (Å²) < 4.78 is 29.1. The number of hydrogen-bond donors (Lipinski definition) is 2. The number of aliphatic hydroxyl groups excluding tert-OH is 2. The van der Waals surface area contributed by atoms with Crippen LogP contribution in [-0.2, 0) is 14.3 Å². The summed E-state index contributed by atoms with van der Waals surface area (Å²) in [5, 5.41) is 18.0. The first-order chi connectivity index (χ1) is 7.98. The van der Waals surface area contributed by atoms with Crippen molar-refractivity contribution in [3.8, 4) is 0 Å². The van der Waals surface area contributed by atoms with Gasteiger partial charge in [0, 0.05) is 12.0 Å². The fraction of sp³-hybridized carbons (Fsp3) is 1.00. The molecule has 0 bridgehead atoms. The van der Waals surface area contributed by atoms with Crippen molar-refractivity contribution >= 4 is 10.1 Å². The fourth-order valence-electron chi connectivity index (χ4n) is 3.42. The van der Waals surface area contributed by atoms with Gasteiger partial charge in [0.15, 0.2) is 0 Å². The second-order valence-corrected chi connectivity index (χ2v) is 7.02. The normalized spacial score (nSPS) is 41.4. The van der Waals surface area contributed by atoms with Gasteiger partial charge in [-0.05, 0) is 25.2 Å². The highest BCUT2D eigenvalue weighted by atomic mass is 32.2. The maximum Gasteiger partial charge on any atom is 0.271 e. The molecule has 1 saturated heterocycles. The van der Waals surface area contributed by atoms with Gasteiger partial charge in [0.2, 0.25) is 0 Å². The summed E-state index contributed by atoms with van der Waals surface area (Å²) in [5.74, 6) is -0.0648. The highest BCUT2D eigenvalue weighted by molar-refractivity contribution is 7.87. The van der Waals surface area contributed by atoms with Crippen molar-refractivity contribution < 1.29 is 22.8 Å². The van der Waals surface area contributed by atoms with E-state index >= 15 is 0 Å². The second-order valence-electron chi connectivity index (χ2n) is 5.27. The van der Waals surface area contributed by atoms with E-state index in [0.29, 0.717) is 19.3 Å². The number of rotatable bonds is 4. The van der Waals surface area contributed by atoms with Gasteiger partial charge in [-0.2, -0.15) is 8.42 Å². The number of hydrogen-bond acceptors (Lipinski definition) is 5. The molecule has 0 aromatic heterocycles. The quantitative estimate of drug-likeness (QED) is 0.712. The summed E-state index contributed by atoms with van der Waals surface area (Å²) in [6.45, 7) is 1.72. The van der Waals surface area contributed by atoms with E-state index in [9.17, 15) is 13.5 Å². The minimum Gasteiger partial charge on any atom is -0.396 e. The lowest BCUT2D eigenvalue weighted by molar-refractivity contribution is 0.00207. The zero-order valence-electron chi connectivity index (χ0n) is 10.0. The average Bonchev–Trinajstić information content (AvgIpc) is 2.78. The topological polar surface area (TPSA) is 83.8 Å². The smallest absolute Gasteiger partial charge is 0.271 e. The predicted octanol–water partition coefficient (Wildman–Crippen LogP) is 0.265. The molecule has 0 aromatic carbocycles. The molecule has 4 atom stereocenters. The van der Waals surface area contributed by atoms with Gasteiger partial charge in [0.1, 0.15) is 0 Å². The fourth-order valence-corrected chi connectivity index (χ4v) is 5.58. The molecule has 0 spiro atoms. The largest absolute Gasteiger partial charge is 0.396 e. The van der Waals surface area contributed by atoms with Crippen LogP contribution in [0.4, 0.5) is 0 Å². The summed E-state index contributed by atoms with van der Waals surface area (Å²) in [7, 11) is -3.55. The van der Waals surface area contributed by atoms with Crippen LogP contribution in [0.15, 0.2) is 0 Å². The maximum atomic E-state index is 11.9. The van der Waals surface area contributed by atoms with E-state index in [1.165, 1.54) is 0 Å². The molecule has 100 valence electrons. The van der Waals surface area contributed by atoms with Crippen molar-refractivity contribution in [2.45, 2.75) is 44.0 Å². The Balaban J connectivity index is 2.33. The van der Waals surface area contributed by atoms with Crippen molar-refractivity contribution in [2.75, 3.05) is 13.2 Å². The molecular weight excluding hydrogens is 244 g/mol. The van der Waals surface area contributed by atoms with Gasteiger partial charge in [-0.15, -0.1) is 0 Å². The summed E-state index contributed by atoms with van der Waals surface area (Å²) in [5.41, 5.74) is -0.645. The van der Waals surface area contributed by atoms with Gasteiger partial charge in [-0.1, -0.05) is 13.3 Å². The van der Waals surface area contributed by atoms with E-state index < -0.39 is 26.9 Å². The molecule has 0 amide bonds. The van der Waals surface area contributed by atoms with Crippen LogP contribution >= 0.6 is 0 Å². The van der Waals surface area contributed by atoms with E-state index in [0.717, 1.165) is 6.42 Å². The second kappa shape index (κ2) is 4.50. The van der Waals surface area contributed by atoms with Crippen LogP contribution in [0, 0.1) is 11.3 Å². The number of aliphatic hydroxyl groups is 2. The zero-order valence-corrected chi connectivity index (χ0v) is 10.8.